The van der Waals surface area contributed by atoms with Gasteiger partial charge >= 0.3 is 0 Å². The lowest BCUT2D eigenvalue weighted by Gasteiger charge is -2.20. The first-order valence-electron chi connectivity index (χ1n) is 11.4. The molecule has 5 aromatic rings. The SMILES string of the molecule is O=C(Nc1cncc(-c2ccc3[nH]nc(-c4cc5ncccc5[nH]4)c3c2)c1)C1CCCCC1. The zero-order chi connectivity index (χ0) is 22.2. The van der Waals surface area contributed by atoms with Crippen molar-refractivity contribution in [3.8, 4) is 22.5 Å². The molecule has 3 N–H and O–H groups in total. The van der Waals surface area contributed by atoms with Crippen molar-refractivity contribution in [1.29, 1.82) is 0 Å². The van der Waals surface area contributed by atoms with E-state index in [0.29, 0.717) is 0 Å². The van der Waals surface area contributed by atoms with Gasteiger partial charge in [-0.15, -0.1) is 0 Å². The van der Waals surface area contributed by atoms with Crippen LogP contribution in [0.5, 0.6) is 0 Å². The number of rotatable bonds is 4. The van der Waals surface area contributed by atoms with E-state index in [-0.39, 0.29) is 11.8 Å². The van der Waals surface area contributed by atoms with Crippen LogP contribution in [0.15, 0.2) is 61.1 Å². The number of aromatic nitrogens is 5. The Labute approximate surface area is 190 Å². The van der Waals surface area contributed by atoms with Crippen LogP contribution in [-0.4, -0.2) is 31.1 Å². The van der Waals surface area contributed by atoms with Crippen molar-refractivity contribution in [3.05, 3.63) is 61.1 Å². The van der Waals surface area contributed by atoms with Crippen LogP contribution in [-0.2, 0) is 4.79 Å². The van der Waals surface area contributed by atoms with Gasteiger partial charge in [-0.25, -0.2) is 0 Å². The standard InChI is InChI=1S/C26H24N6O/c33-26(16-5-2-1-3-6-16)29-19-11-18(14-27-15-19)17-8-9-21-20(12-17)25(32-31-21)24-13-23-22(30-24)7-4-10-28-23/h4,7-16,30H,1-3,5-6H2,(H,29,33)(H,31,32). The van der Waals surface area contributed by atoms with Crippen LogP contribution in [0.1, 0.15) is 32.1 Å². The number of aromatic amines is 2. The Bertz CT molecular complexity index is 1430. The number of benzene rings is 1. The number of anilines is 1. The molecule has 6 rings (SSSR count). The van der Waals surface area contributed by atoms with Gasteiger partial charge in [0.1, 0.15) is 5.69 Å². The molecule has 0 unspecified atom stereocenters. The highest BCUT2D eigenvalue weighted by molar-refractivity contribution is 5.97. The van der Waals surface area contributed by atoms with Crippen LogP contribution in [0, 0.1) is 5.92 Å². The summed E-state index contributed by atoms with van der Waals surface area (Å²) in [7, 11) is 0. The molecular formula is C26H24N6O. The minimum Gasteiger partial charge on any atom is -0.352 e. The highest BCUT2D eigenvalue weighted by Gasteiger charge is 2.21. The predicted molar refractivity (Wildman–Crippen MR) is 130 cm³/mol. The molecule has 0 saturated heterocycles. The molecule has 1 saturated carbocycles. The van der Waals surface area contributed by atoms with Gasteiger partial charge in [0, 0.05) is 29.3 Å². The normalized spacial score (nSPS) is 14.7. The average Bonchev–Trinajstić information content (AvgIpc) is 3.48. The van der Waals surface area contributed by atoms with Gasteiger partial charge in [0.25, 0.3) is 0 Å². The van der Waals surface area contributed by atoms with Crippen LogP contribution in [0.4, 0.5) is 5.69 Å². The molecule has 1 fully saturated rings. The number of hydrogen-bond acceptors (Lipinski definition) is 4. The van der Waals surface area contributed by atoms with Crippen LogP contribution in [0.2, 0.25) is 0 Å². The van der Waals surface area contributed by atoms with Gasteiger partial charge in [-0.05, 0) is 54.8 Å². The number of H-pyrrole nitrogens is 2. The van der Waals surface area contributed by atoms with E-state index in [4.69, 9.17) is 0 Å². The first-order chi connectivity index (χ1) is 16.2. The maximum absolute atomic E-state index is 12.7. The van der Waals surface area contributed by atoms with Crippen molar-refractivity contribution in [2.75, 3.05) is 5.32 Å². The fourth-order valence-corrected chi connectivity index (χ4v) is 4.76. The van der Waals surface area contributed by atoms with E-state index < -0.39 is 0 Å². The van der Waals surface area contributed by atoms with Gasteiger partial charge in [-0.2, -0.15) is 5.10 Å². The molecule has 33 heavy (non-hydrogen) atoms. The van der Waals surface area contributed by atoms with Gasteiger partial charge in [0.05, 0.1) is 34.1 Å². The smallest absolute Gasteiger partial charge is 0.227 e. The Morgan fingerprint density at radius 2 is 1.88 bits per heavy atom. The molecule has 0 atom stereocenters. The van der Waals surface area contributed by atoms with Gasteiger partial charge in [-0.3, -0.25) is 19.9 Å². The quantitative estimate of drug-likeness (QED) is 0.337. The van der Waals surface area contributed by atoms with Crippen molar-refractivity contribution >= 4 is 33.5 Å². The lowest BCUT2D eigenvalue weighted by molar-refractivity contribution is -0.120. The minimum absolute atomic E-state index is 0.105. The second-order valence-electron chi connectivity index (χ2n) is 8.74. The Kier molecular flexibility index (Phi) is 4.87. The predicted octanol–water partition coefficient (Wildman–Crippen LogP) is 5.69. The summed E-state index contributed by atoms with van der Waals surface area (Å²) in [5.41, 5.74) is 7.30. The summed E-state index contributed by atoms with van der Waals surface area (Å²) >= 11 is 0. The number of hydrogen-bond donors (Lipinski definition) is 3. The second-order valence-corrected chi connectivity index (χ2v) is 8.74. The number of carbonyl (C=O) groups is 1. The Morgan fingerprint density at radius 1 is 0.970 bits per heavy atom. The molecule has 164 valence electrons. The summed E-state index contributed by atoms with van der Waals surface area (Å²) < 4.78 is 0. The molecule has 0 radical (unpaired) electrons. The maximum Gasteiger partial charge on any atom is 0.227 e. The van der Waals surface area contributed by atoms with Crippen LogP contribution < -0.4 is 5.32 Å². The van der Waals surface area contributed by atoms with Crippen LogP contribution in [0.25, 0.3) is 44.5 Å². The Hall–Kier alpha value is -4.00. The molecule has 1 amide bonds. The summed E-state index contributed by atoms with van der Waals surface area (Å²) in [6, 6.07) is 14.1. The fraction of sp³-hybridized carbons (Fsp3) is 0.231. The Balaban J connectivity index is 1.32. The third-order valence-electron chi connectivity index (χ3n) is 6.52. The van der Waals surface area contributed by atoms with Crippen molar-refractivity contribution in [2.24, 2.45) is 5.92 Å². The van der Waals surface area contributed by atoms with Gasteiger partial charge in [0.15, 0.2) is 0 Å². The van der Waals surface area contributed by atoms with Crippen molar-refractivity contribution < 1.29 is 4.79 Å². The highest BCUT2D eigenvalue weighted by Crippen LogP contribution is 2.32. The third-order valence-corrected chi connectivity index (χ3v) is 6.52. The largest absolute Gasteiger partial charge is 0.352 e. The van der Waals surface area contributed by atoms with Crippen molar-refractivity contribution in [3.63, 3.8) is 0 Å². The lowest BCUT2D eigenvalue weighted by Crippen LogP contribution is -2.24. The topological polar surface area (TPSA) is 99.3 Å². The highest BCUT2D eigenvalue weighted by atomic mass is 16.1. The van der Waals surface area contributed by atoms with Crippen molar-refractivity contribution in [2.45, 2.75) is 32.1 Å². The fourth-order valence-electron chi connectivity index (χ4n) is 4.76. The molecule has 0 bridgehead atoms. The second kappa shape index (κ2) is 8.16. The number of nitrogens with zero attached hydrogens (tertiary/aromatic N) is 3. The third kappa shape index (κ3) is 3.75. The first kappa shape index (κ1) is 19.7. The van der Waals surface area contributed by atoms with E-state index in [1.54, 1.807) is 12.4 Å². The number of nitrogens with one attached hydrogen (secondary N) is 3. The summed E-state index contributed by atoms with van der Waals surface area (Å²) in [6.07, 6.45) is 10.8. The van der Waals surface area contributed by atoms with E-state index in [0.717, 1.165) is 75.8 Å². The number of carbonyl (C=O) groups excluding carboxylic acids is 1. The van der Waals surface area contributed by atoms with Gasteiger partial charge in [-0.1, -0.05) is 25.3 Å². The Morgan fingerprint density at radius 3 is 2.76 bits per heavy atom. The molecule has 4 aromatic heterocycles. The number of fused-ring (bicyclic) bond motifs is 2. The minimum atomic E-state index is 0.105. The molecule has 0 aliphatic heterocycles. The molecule has 1 aliphatic rings. The maximum atomic E-state index is 12.7. The zero-order valence-corrected chi connectivity index (χ0v) is 18.1. The lowest BCUT2D eigenvalue weighted by atomic mass is 9.88. The molecule has 0 spiro atoms. The number of amides is 1. The number of pyridine rings is 2. The van der Waals surface area contributed by atoms with E-state index in [1.165, 1.54) is 6.42 Å². The summed E-state index contributed by atoms with van der Waals surface area (Å²) in [5.74, 6) is 0.215. The van der Waals surface area contributed by atoms with Crippen LogP contribution >= 0.6 is 0 Å². The van der Waals surface area contributed by atoms with E-state index in [1.807, 2.05) is 42.6 Å². The molecular weight excluding hydrogens is 412 g/mol. The molecule has 7 nitrogen and oxygen atoms in total. The summed E-state index contributed by atoms with van der Waals surface area (Å²) in [5, 5.41) is 11.8. The first-order valence-corrected chi connectivity index (χ1v) is 11.4. The van der Waals surface area contributed by atoms with E-state index in [9.17, 15) is 4.79 Å². The average molecular weight is 437 g/mol. The van der Waals surface area contributed by atoms with Crippen molar-refractivity contribution in [1.82, 2.24) is 25.1 Å². The zero-order valence-electron chi connectivity index (χ0n) is 18.1. The molecule has 1 aromatic carbocycles. The summed E-state index contributed by atoms with van der Waals surface area (Å²) in [6.45, 7) is 0. The molecule has 4 heterocycles. The molecule has 7 heteroatoms. The van der Waals surface area contributed by atoms with Crippen LogP contribution in [0.3, 0.4) is 0 Å². The van der Waals surface area contributed by atoms with Gasteiger partial charge < -0.3 is 10.3 Å². The molecule has 1 aliphatic carbocycles. The van der Waals surface area contributed by atoms with E-state index >= 15 is 0 Å². The van der Waals surface area contributed by atoms with E-state index in [2.05, 4.69) is 36.5 Å². The van der Waals surface area contributed by atoms with Gasteiger partial charge in [0.2, 0.25) is 5.91 Å². The summed E-state index contributed by atoms with van der Waals surface area (Å²) in [4.78, 5) is 24.9. The monoisotopic (exact) mass is 436 g/mol.